The first-order chi connectivity index (χ1) is 18.3. The summed E-state index contributed by atoms with van der Waals surface area (Å²) in [6.07, 6.45) is 7.76. The Balaban J connectivity index is 1.83. The normalized spacial score (nSPS) is 24.0. The molecule has 4 atom stereocenters. The third-order valence-electron chi connectivity index (χ3n) is 8.59. The standard InChI is InChI=1S/C29H48N4O6/c1-17(2)20-15-22(26(36)31-21(24(34)25(30)35)14-18-10-9-11-18)33(16-20)27(37)23(19-12-7-6-8-13-19)32-28(38)39-29(3,4)5/h17-23H,6-16H2,1-5H3,(H2,30,35)(H,31,36)(H,32,38)/t20?,21?,22-,23-/m0/s1. The lowest BCUT2D eigenvalue weighted by Gasteiger charge is -2.35. The molecule has 4 N–H and O–H groups in total. The number of Topliss-reactive ketones (excluding diaryl/α,β-unsaturated/α-hetero) is 1. The highest BCUT2D eigenvalue weighted by Crippen LogP contribution is 2.34. The van der Waals surface area contributed by atoms with Crippen LogP contribution < -0.4 is 16.4 Å². The maximum Gasteiger partial charge on any atom is 0.408 e. The third-order valence-corrected chi connectivity index (χ3v) is 8.59. The van der Waals surface area contributed by atoms with Crippen molar-refractivity contribution in [1.82, 2.24) is 15.5 Å². The van der Waals surface area contributed by atoms with Crippen molar-refractivity contribution in [3.05, 3.63) is 0 Å². The van der Waals surface area contributed by atoms with Crippen molar-refractivity contribution in [2.24, 2.45) is 29.4 Å². The molecule has 1 saturated heterocycles. The number of rotatable bonds is 10. The number of alkyl carbamates (subject to hydrolysis) is 1. The molecule has 0 spiro atoms. The molecule has 4 amide bonds. The summed E-state index contributed by atoms with van der Waals surface area (Å²) in [6.45, 7) is 9.80. The quantitative estimate of drug-likeness (QED) is 0.357. The van der Waals surface area contributed by atoms with Crippen LogP contribution in [0, 0.1) is 23.7 Å². The van der Waals surface area contributed by atoms with Gasteiger partial charge in [0.05, 0.1) is 6.04 Å². The van der Waals surface area contributed by atoms with Crippen LogP contribution in [-0.4, -0.2) is 64.8 Å². The van der Waals surface area contributed by atoms with Crippen LogP contribution in [0.15, 0.2) is 0 Å². The first kappa shape index (κ1) is 30.9. The van der Waals surface area contributed by atoms with Gasteiger partial charge >= 0.3 is 6.09 Å². The lowest BCUT2D eigenvalue weighted by atomic mass is 9.80. The molecule has 2 aliphatic carbocycles. The van der Waals surface area contributed by atoms with Crippen molar-refractivity contribution in [2.75, 3.05) is 6.54 Å². The van der Waals surface area contributed by atoms with E-state index < -0.39 is 47.4 Å². The van der Waals surface area contributed by atoms with Crippen molar-refractivity contribution < 1.29 is 28.7 Å². The second kappa shape index (κ2) is 13.1. The number of carbonyl (C=O) groups excluding carboxylic acids is 5. The van der Waals surface area contributed by atoms with E-state index in [1.165, 1.54) is 0 Å². The van der Waals surface area contributed by atoms with Gasteiger partial charge in [0.1, 0.15) is 17.7 Å². The topological polar surface area (TPSA) is 148 Å². The van der Waals surface area contributed by atoms with E-state index in [0.717, 1.165) is 51.4 Å². The SMILES string of the molecule is CC(C)C1C[C@@H](C(=O)NC(CC2CCC2)C(=O)C(N)=O)N(C(=O)[C@@H](NC(=O)OC(C)(C)C)C2CCCCC2)C1. The van der Waals surface area contributed by atoms with Crippen LogP contribution in [0.3, 0.4) is 0 Å². The first-order valence-corrected chi connectivity index (χ1v) is 14.7. The summed E-state index contributed by atoms with van der Waals surface area (Å²) >= 11 is 0. The summed E-state index contributed by atoms with van der Waals surface area (Å²) in [4.78, 5) is 66.4. The molecule has 0 radical (unpaired) electrons. The monoisotopic (exact) mass is 548 g/mol. The second-order valence-electron chi connectivity index (χ2n) is 13.1. The zero-order valence-corrected chi connectivity index (χ0v) is 24.3. The van der Waals surface area contributed by atoms with E-state index in [1.54, 1.807) is 25.7 Å². The highest BCUT2D eigenvalue weighted by atomic mass is 16.6. The number of ether oxygens (including phenoxy) is 1. The number of nitrogens with zero attached hydrogens (tertiary/aromatic N) is 1. The van der Waals surface area contributed by atoms with Crippen molar-refractivity contribution in [3.8, 4) is 0 Å². The summed E-state index contributed by atoms with van der Waals surface area (Å²) in [5.74, 6) is -2.12. The Kier molecular flexibility index (Phi) is 10.4. The Hall–Kier alpha value is -2.65. The molecule has 0 bridgehead atoms. The zero-order valence-electron chi connectivity index (χ0n) is 24.3. The number of hydrogen-bond donors (Lipinski definition) is 3. The summed E-state index contributed by atoms with van der Waals surface area (Å²) in [7, 11) is 0. The Morgan fingerprint density at radius 3 is 2.08 bits per heavy atom. The van der Waals surface area contributed by atoms with Gasteiger partial charge in [-0.2, -0.15) is 0 Å². The second-order valence-corrected chi connectivity index (χ2v) is 13.1. The van der Waals surface area contributed by atoms with Gasteiger partial charge in [-0.25, -0.2) is 4.79 Å². The summed E-state index contributed by atoms with van der Waals surface area (Å²) < 4.78 is 5.48. The molecule has 1 heterocycles. The number of nitrogens with one attached hydrogen (secondary N) is 2. The van der Waals surface area contributed by atoms with Crippen molar-refractivity contribution >= 4 is 29.6 Å². The summed E-state index contributed by atoms with van der Waals surface area (Å²) in [5, 5.41) is 5.62. The molecule has 10 nitrogen and oxygen atoms in total. The predicted molar refractivity (Wildman–Crippen MR) is 146 cm³/mol. The maximum absolute atomic E-state index is 14.1. The van der Waals surface area contributed by atoms with Gasteiger partial charge in [-0.05, 0) is 70.1 Å². The van der Waals surface area contributed by atoms with E-state index in [2.05, 4.69) is 24.5 Å². The summed E-state index contributed by atoms with van der Waals surface area (Å²) in [6, 6.07) is -2.61. The highest BCUT2D eigenvalue weighted by Gasteiger charge is 2.45. The zero-order chi connectivity index (χ0) is 28.9. The molecule has 0 aromatic heterocycles. The fourth-order valence-corrected chi connectivity index (χ4v) is 6.04. The average Bonchev–Trinajstić information content (AvgIpc) is 3.28. The molecule has 1 aliphatic heterocycles. The van der Waals surface area contributed by atoms with Crippen LogP contribution in [0.2, 0.25) is 0 Å². The van der Waals surface area contributed by atoms with E-state index in [4.69, 9.17) is 10.5 Å². The molecule has 2 saturated carbocycles. The number of hydrogen-bond acceptors (Lipinski definition) is 6. The first-order valence-electron chi connectivity index (χ1n) is 14.7. The number of amides is 4. The van der Waals surface area contributed by atoms with Crippen molar-refractivity contribution in [3.63, 3.8) is 0 Å². The average molecular weight is 549 g/mol. The van der Waals surface area contributed by atoms with E-state index in [-0.39, 0.29) is 29.6 Å². The van der Waals surface area contributed by atoms with Gasteiger partial charge in [0.25, 0.3) is 5.91 Å². The van der Waals surface area contributed by atoms with Crippen LogP contribution in [0.1, 0.15) is 98.8 Å². The minimum Gasteiger partial charge on any atom is -0.444 e. The number of nitrogens with two attached hydrogens (primary N) is 1. The molecule has 3 rings (SSSR count). The van der Waals surface area contributed by atoms with Crippen LogP contribution in [-0.2, 0) is 23.9 Å². The Labute approximate surface area is 232 Å². The molecular formula is C29H48N4O6. The van der Waals surface area contributed by atoms with Gasteiger partial charge in [-0.15, -0.1) is 0 Å². The molecular weight excluding hydrogens is 500 g/mol. The molecule has 0 aromatic carbocycles. The van der Waals surface area contributed by atoms with E-state index in [9.17, 15) is 24.0 Å². The van der Waals surface area contributed by atoms with Crippen LogP contribution in [0.4, 0.5) is 4.79 Å². The van der Waals surface area contributed by atoms with Crippen molar-refractivity contribution in [1.29, 1.82) is 0 Å². The lowest BCUT2D eigenvalue weighted by Crippen LogP contribution is -2.58. The third kappa shape index (κ3) is 8.42. The number of likely N-dealkylation sites (tertiary alicyclic amines) is 1. The van der Waals surface area contributed by atoms with Crippen LogP contribution in [0.25, 0.3) is 0 Å². The number of carbonyl (C=O) groups is 5. The van der Waals surface area contributed by atoms with Gasteiger partial charge in [-0.1, -0.05) is 52.4 Å². The van der Waals surface area contributed by atoms with Gasteiger partial charge in [-0.3, -0.25) is 19.2 Å². The smallest absolute Gasteiger partial charge is 0.408 e. The van der Waals surface area contributed by atoms with Crippen molar-refractivity contribution in [2.45, 2.75) is 123 Å². The molecule has 39 heavy (non-hydrogen) atoms. The van der Waals surface area contributed by atoms with E-state index in [1.807, 2.05) is 0 Å². The lowest BCUT2D eigenvalue weighted by molar-refractivity contribution is -0.143. The minimum absolute atomic E-state index is 0.0524. The summed E-state index contributed by atoms with van der Waals surface area (Å²) in [5.41, 5.74) is 4.58. The molecule has 220 valence electrons. The fourth-order valence-electron chi connectivity index (χ4n) is 6.04. The Morgan fingerprint density at radius 1 is 0.923 bits per heavy atom. The highest BCUT2D eigenvalue weighted by molar-refractivity contribution is 6.37. The van der Waals surface area contributed by atoms with Gasteiger partial charge in [0.15, 0.2) is 0 Å². The van der Waals surface area contributed by atoms with E-state index >= 15 is 0 Å². The predicted octanol–water partition coefficient (Wildman–Crippen LogP) is 3.06. The number of ketones is 1. The molecule has 3 fully saturated rings. The largest absolute Gasteiger partial charge is 0.444 e. The molecule has 2 unspecified atom stereocenters. The molecule has 10 heteroatoms. The van der Waals surface area contributed by atoms with Gasteiger partial charge in [0, 0.05) is 6.54 Å². The van der Waals surface area contributed by atoms with Crippen LogP contribution in [0.5, 0.6) is 0 Å². The maximum atomic E-state index is 14.1. The van der Waals surface area contributed by atoms with Crippen LogP contribution >= 0.6 is 0 Å². The fraction of sp³-hybridized carbons (Fsp3) is 0.828. The molecule has 3 aliphatic rings. The Morgan fingerprint density at radius 2 is 1.56 bits per heavy atom. The molecule has 0 aromatic rings. The van der Waals surface area contributed by atoms with Gasteiger partial charge in [0.2, 0.25) is 17.6 Å². The Bertz CT molecular complexity index is 919. The number of primary amides is 1. The van der Waals surface area contributed by atoms with E-state index in [0.29, 0.717) is 19.4 Å². The minimum atomic E-state index is -1.07. The van der Waals surface area contributed by atoms with Gasteiger partial charge < -0.3 is 26.0 Å².